The summed E-state index contributed by atoms with van der Waals surface area (Å²) in [5, 5.41) is -0.177. The van der Waals surface area contributed by atoms with Gasteiger partial charge in [-0.25, -0.2) is 9.29 Å². The van der Waals surface area contributed by atoms with Crippen LogP contribution in [0.15, 0.2) is 23.4 Å². The molecule has 2 rings (SSSR count). The van der Waals surface area contributed by atoms with Crippen LogP contribution in [0.4, 0.5) is 0 Å². The van der Waals surface area contributed by atoms with E-state index >= 15 is 0 Å². The molecular weight excluding hydrogens is 276 g/mol. The largest absolute Gasteiger partial charge is 0.379 e. The minimum absolute atomic E-state index is 0.00863. The molecule has 1 aliphatic heterocycles. The molecule has 0 bridgehead atoms. The van der Waals surface area contributed by atoms with Gasteiger partial charge in [-0.15, -0.1) is 0 Å². The molecule has 0 aliphatic carbocycles. The van der Waals surface area contributed by atoms with Gasteiger partial charge in [0.2, 0.25) is 0 Å². The van der Waals surface area contributed by atoms with Gasteiger partial charge in [0.15, 0.2) is 5.03 Å². The van der Waals surface area contributed by atoms with Gasteiger partial charge in [-0.2, -0.15) is 21.0 Å². The monoisotopic (exact) mass is 288 g/mol. The molecule has 98 valence electrons. The number of sulfonamides is 1. The van der Waals surface area contributed by atoms with E-state index in [1.165, 1.54) is 18.3 Å². The molecular formula is C10H12N2O4S2. The highest BCUT2D eigenvalue weighted by Crippen LogP contribution is 2.27. The van der Waals surface area contributed by atoms with Crippen LogP contribution in [0.25, 0.3) is 0 Å². The van der Waals surface area contributed by atoms with Crippen LogP contribution in [-0.2, 0) is 14.8 Å². The highest BCUT2D eigenvalue weighted by atomic mass is 32.2. The summed E-state index contributed by atoms with van der Waals surface area (Å²) in [7, 11) is -3.81. The van der Waals surface area contributed by atoms with Crippen LogP contribution >= 0.6 is 12.6 Å². The number of carbonyl (C=O) groups is 1. The van der Waals surface area contributed by atoms with Crippen LogP contribution in [0.1, 0.15) is 10.4 Å². The van der Waals surface area contributed by atoms with E-state index in [-0.39, 0.29) is 23.7 Å². The van der Waals surface area contributed by atoms with Gasteiger partial charge in [-0.1, -0.05) is 0 Å². The average Bonchev–Trinajstić information content (AvgIpc) is 2.55. The van der Waals surface area contributed by atoms with E-state index in [2.05, 4.69) is 17.6 Å². The number of pyridine rings is 1. The number of carbonyl (C=O) groups excluding carboxylic acids is 1. The summed E-state index contributed by atoms with van der Waals surface area (Å²) < 4.78 is 30.0. The predicted molar refractivity (Wildman–Crippen MR) is 67.1 cm³/mol. The fourth-order valence-corrected chi connectivity index (χ4v) is 3.24. The van der Waals surface area contributed by atoms with Gasteiger partial charge < -0.3 is 4.74 Å². The first-order chi connectivity index (χ1) is 8.59. The first-order valence-corrected chi connectivity index (χ1v) is 7.37. The Labute approximate surface area is 110 Å². The van der Waals surface area contributed by atoms with E-state index in [9.17, 15) is 13.2 Å². The fraction of sp³-hybridized carbons (Fsp3) is 0.400. The summed E-state index contributed by atoms with van der Waals surface area (Å²) in [5.74, 6) is -0.00442. The van der Waals surface area contributed by atoms with Gasteiger partial charge >= 0.3 is 0 Å². The molecule has 0 unspecified atom stereocenters. The molecule has 0 saturated carbocycles. The van der Waals surface area contributed by atoms with E-state index < -0.39 is 15.9 Å². The molecule has 0 atom stereocenters. The molecule has 0 spiro atoms. The Hall–Kier alpha value is -1.12. The zero-order valence-electron chi connectivity index (χ0n) is 9.44. The highest BCUT2D eigenvalue weighted by molar-refractivity contribution is 7.90. The Morgan fingerprint density at radius 1 is 1.39 bits per heavy atom. The molecule has 0 fully saturated rings. The van der Waals surface area contributed by atoms with Gasteiger partial charge in [0, 0.05) is 11.9 Å². The maximum atomic E-state index is 12.0. The van der Waals surface area contributed by atoms with E-state index in [4.69, 9.17) is 4.74 Å². The predicted octanol–water partition coefficient (Wildman–Crippen LogP) is 0.172. The molecule has 0 saturated heterocycles. The molecule has 18 heavy (non-hydrogen) atoms. The lowest BCUT2D eigenvalue weighted by Gasteiger charge is -2.14. The SMILES string of the molecule is O=C1c2cccnc2S(=O)(=O)N1CCOCCS. The maximum Gasteiger partial charge on any atom is 0.285 e. The summed E-state index contributed by atoms with van der Waals surface area (Å²) in [4.78, 5) is 15.7. The van der Waals surface area contributed by atoms with E-state index in [1.807, 2.05) is 0 Å². The summed E-state index contributed by atoms with van der Waals surface area (Å²) in [6.07, 6.45) is 1.35. The van der Waals surface area contributed by atoms with Gasteiger partial charge in [0.1, 0.15) is 0 Å². The van der Waals surface area contributed by atoms with E-state index in [0.29, 0.717) is 12.4 Å². The molecule has 1 aromatic rings. The van der Waals surface area contributed by atoms with Crippen LogP contribution in [0.2, 0.25) is 0 Å². The summed E-state index contributed by atoms with van der Waals surface area (Å²) in [6.45, 7) is 0.557. The fourth-order valence-electron chi connectivity index (χ4n) is 1.64. The van der Waals surface area contributed by atoms with Crippen molar-refractivity contribution in [1.29, 1.82) is 0 Å². The molecule has 1 amide bonds. The van der Waals surface area contributed by atoms with Crippen molar-refractivity contribution in [3.8, 4) is 0 Å². The van der Waals surface area contributed by atoms with Gasteiger partial charge in [0.25, 0.3) is 15.9 Å². The molecule has 8 heteroatoms. The number of nitrogens with zero attached hydrogens (tertiary/aromatic N) is 2. The van der Waals surface area contributed by atoms with Crippen molar-refractivity contribution in [2.45, 2.75) is 5.03 Å². The minimum atomic E-state index is -3.81. The Kier molecular flexibility index (Phi) is 3.88. The minimum Gasteiger partial charge on any atom is -0.379 e. The lowest BCUT2D eigenvalue weighted by atomic mass is 10.3. The molecule has 2 heterocycles. The van der Waals surface area contributed by atoms with Crippen molar-refractivity contribution < 1.29 is 17.9 Å². The Bertz CT molecular complexity index is 559. The second-order valence-corrected chi connectivity index (χ2v) is 5.80. The number of rotatable bonds is 5. The second kappa shape index (κ2) is 5.25. The topological polar surface area (TPSA) is 76.6 Å². The Morgan fingerprint density at radius 2 is 2.17 bits per heavy atom. The number of thiol groups is 1. The molecule has 1 aliphatic rings. The number of hydrogen-bond acceptors (Lipinski definition) is 6. The third-order valence-corrected chi connectivity index (χ3v) is 4.36. The molecule has 6 nitrogen and oxygen atoms in total. The number of ether oxygens (including phenoxy) is 1. The van der Waals surface area contributed by atoms with E-state index in [1.54, 1.807) is 0 Å². The van der Waals surface area contributed by atoms with Crippen LogP contribution in [0, 0.1) is 0 Å². The third-order valence-electron chi connectivity index (χ3n) is 2.44. The van der Waals surface area contributed by atoms with Crippen molar-refractivity contribution >= 4 is 28.6 Å². The molecule has 0 N–H and O–H groups in total. The normalized spacial score (nSPS) is 16.9. The van der Waals surface area contributed by atoms with Gasteiger partial charge in [-0.05, 0) is 12.1 Å². The first kappa shape index (κ1) is 13.3. The average molecular weight is 288 g/mol. The highest BCUT2D eigenvalue weighted by Gasteiger charge is 2.41. The first-order valence-electron chi connectivity index (χ1n) is 5.29. The third kappa shape index (κ3) is 2.23. The van der Waals surface area contributed by atoms with Crippen molar-refractivity contribution in [1.82, 2.24) is 9.29 Å². The molecule has 0 aromatic carbocycles. The quantitative estimate of drug-likeness (QED) is 0.617. The summed E-state index contributed by atoms with van der Waals surface area (Å²) >= 11 is 3.96. The second-order valence-electron chi connectivity index (χ2n) is 3.57. The number of aromatic nitrogens is 1. The van der Waals surface area contributed by atoms with Crippen LogP contribution < -0.4 is 0 Å². The van der Waals surface area contributed by atoms with Crippen molar-refractivity contribution in [3.05, 3.63) is 23.9 Å². The standard InChI is InChI=1S/C10H12N2O4S2/c13-10-8-2-1-3-11-9(8)18(14,15)12(10)4-5-16-6-7-17/h1-3,17H,4-7H2. The molecule has 0 radical (unpaired) electrons. The van der Waals surface area contributed by atoms with Gasteiger partial charge in [-0.3, -0.25) is 4.79 Å². The molecule has 1 aromatic heterocycles. The van der Waals surface area contributed by atoms with Gasteiger partial charge in [0.05, 0.1) is 25.3 Å². The Morgan fingerprint density at radius 3 is 2.83 bits per heavy atom. The maximum absolute atomic E-state index is 12.0. The van der Waals surface area contributed by atoms with Crippen molar-refractivity contribution in [3.63, 3.8) is 0 Å². The van der Waals surface area contributed by atoms with Crippen LogP contribution in [-0.4, -0.2) is 49.1 Å². The zero-order valence-corrected chi connectivity index (χ0v) is 11.2. The van der Waals surface area contributed by atoms with Crippen LogP contribution in [0.5, 0.6) is 0 Å². The smallest absolute Gasteiger partial charge is 0.285 e. The lowest BCUT2D eigenvalue weighted by molar-refractivity contribution is 0.0812. The van der Waals surface area contributed by atoms with Crippen molar-refractivity contribution in [2.24, 2.45) is 0 Å². The number of hydrogen-bond donors (Lipinski definition) is 1. The summed E-state index contributed by atoms with van der Waals surface area (Å²) in [6, 6.07) is 2.99. The zero-order chi connectivity index (χ0) is 13.2. The van der Waals surface area contributed by atoms with Crippen molar-refractivity contribution in [2.75, 3.05) is 25.5 Å². The Balaban J connectivity index is 2.18. The van der Waals surface area contributed by atoms with Crippen LogP contribution in [0.3, 0.4) is 0 Å². The number of fused-ring (bicyclic) bond motifs is 1. The lowest BCUT2D eigenvalue weighted by Crippen LogP contribution is -2.33. The summed E-state index contributed by atoms with van der Waals surface area (Å²) in [5.41, 5.74) is 0.117. The van der Waals surface area contributed by atoms with E-state index in [0.717, 1.165) is 4.31 Å². The number of amides is 1.